The van der Waals surface area contributed by atoms with Crippen molar-refractivity contribution in [3.05, 3.63) is 90.9 Å². The molecule has 0 unspecified atom stereocenters. The summed E-state index contributed by atoms with van der Waals surface area (Å²) in [5, 5.41) is 0. The average molecular weight is 647 g/mol. The molecule has 0 atom stereocenters. The van der Waals surface area contributed by atoms with Crippen LogP contribution < -0.4 is 0 Å². The summed E-state index contributed by atoms with van der Waals surface area (Å²) < 4.78 is 59.2. The fourth-order valence-electron chi connectivity index (χ4n) is 4.94. The minimum atomic E-state index is -3.72. The molecule has 0 radical (unpaired) electrons. The van der Waals surface area contributed by atoms with E-state index in [1.54, 1.807) is 71.3 Å². The lowest BCUT2D eigenvalue weighted by atomic mass is 10.2. The van der Waals surface area contributed by atoms with Gasteiger partial charge in [-0.25, -0.2) is 24.8 Å². The smallest absolute Gasteiger partial charge is 0.241 e. The highest BCUT2D eigenvalue weighted by Crippen LogP contribution is 2.64. The van der Waals surface area contributed by atoms with E-state index in [9.17, 15) is 16.8 Å². The van der Waals surface area contributed by atoms with Gasteiger partial charge in [0.15, 0.2) is 0 Å². The second-order valence-electron chi connectivity index (χ2n) is 9.81. The molecule has 6 nitrogen and oxygen atoms in total. The Hall–Kier alpha value is -1.96. The number of aryl methyl sites for hydroxylation is 2. The van der Waals surface area contributed by atoms with E-state index in [0.717, 1.165) is 39.2 Å². The summed E-state index contributed by atoms with van der Waals surface area (Å²) in [5.41, 5.74) is 4.83. The SMILES string of the molecule is Cc1ccc(S(=O)(=O)n2c(C)c3c(c2C)SC(=C2Sc4c(c(C)n(S(=O)(=O)c5ccc(C)cc5)c4C)S2)S3)cc1. The standard InChI is InChI=1S/C28H26N2O4S6/c1-15-7-11-21(12-8-15)39(31,32)29-17(3)23-24(18(29)4)36-27(35-23)28-37-25-19(5)30(20(6)26(25)38-28)40(33,34)22-13-9-16(2)10-14-22/h7-14H,1-6H3. The zero-order chi connectivity index (χ0) is 28.7. The molecule has 0 amide bonds. The van der Waals surface area contributed by atoms with Crippen LogP contribution in [0.15, 0.2) is 86.4 Å². The Labute approximate surface area is 252 Å². The van der Waals surface area contributed by atoms with Gasteiger partial charge in [0.1, 0.15) is 0 Å². The molecular formula is C28H26N2O4S6. The topological polar surface area (TPSA) is 78.1 Å². The largest absolute Gasteiger partial charge is 0.268 e. The van der Waals surface area contributed by atoms with Crippen molar-refractivity contribution in [1.82, 2.24) is 7.94 Å². The summed E-state index contributed by atoms with van der Waals surface area (Å²) in [6, 6.07) is 13.9. The van der Waals surface area contributed by atoms with Crippen molar-refractivity contribution in [2.45, 2.75) is 70.9 Å². The predicted molar refractivity (Wildman–Crippen MR) is 166 cm³/mol. The van der Waals surface area contributed by atoms with Crippen LogP contribution in [0.3, 0.4) is 0 Å². The molecule has 40 heavy (non-hydrogen) atoms. The van der Waals surface area contributed by atoms with Gasteiger partial charge >= 0.3 is 0 Å². The normalized spacial score (nSPS) is 15.2. The van der Waals surface area contributed by atoms with Crippen LogP contribution >= 0.6 is 47.0 Å². The minimum absolute atomic E-state index is 0.274. The third kappa shape index (κ3) is 4.25. The molecule has 0 saturated carbocycles. The highest BCUT2D eigenvalue weighted by Gasteiger charge is 2.37. The molecule has 0 bridgehead atoms. The lowest BCUT2D eigenvalue weighted by Crippen LogP contribution is -2.16. The third-order valence-corrected chi connectivity index (χ3v) is 17.0. The van der Waals surface area contributed by atoms with Crippen LogP contribution in [0.5, 0.6) is 0 Å². The van der Waals surface area contributed by atoms with E-state index in [1.165, 1.54) is 7.94 Å². The molecule has 2 aliphatic rings. The number of hydrogen-bond donors (Lipinski definition) is 0. The highest BCUT2D eigenvalue weighted by molar-refractivity contribution is 8.30. The van der Waals surface area contributed by atoms with Gasteiger partial charge in [0.05, 0.1) is 18.3 Å². The fourth-order valence-corrected chi connectivity index (χ4v) is 14.2. The van der Waals surface area contributed by atoms with Crippen LogP contribution in [0.2, 0.25) is 0 Å². The molecule has 0 fully saturated rings. The fraction of sp³-hybridized carbons (Fsp3) is 0.214. The van der Waals surface area contributed by atoms with Gasteiger partial charge in [0.25, 0.3) is 20.0 Å². The molecule has 2 aromatic heterocycles. The Morgan fingerprint density at radius 3 is 0.950 bits per heavy atom. The Bertz CT molecular complexity index is 1760. The van der Waals surface area contributed by atoms with Crippen molar-refractivity contribution >= 4 is 67.1 Å². The minimum Gasteiger partial charge on any atom is -0.241 e. The number of hydrogen-bond acceptors (Lipinski definition) is 8. The lowest BCUT2D eigenvalue weighted by molar-refractivity contribution is 0.582. The monoisotopic (exact) mass is 646 g/mol. The zero-order valence-electron chi connectivity index (χ0n) is 22.6. The molecule has 208 valence electrons. The molecule has 6 rings (SSSR count). The maximum absolute atomic E-state index is 13.5. The summed E-state index contributed by atoms with van der Waals surface area (Å²) in [7, 11) is -7.44. The molecule has 4 aromatic rings. The van der Waals surface area contributed by atoms with E-state index in [4.69, 9.17) is 0 Å². The van der Waals surface area contributed by atoms with E-state index in [0.29, 0.717) is 22.8 Å². The first-order valence-electron chi connectivity index (χ1n) is 12.4. The Morgan fingerprint density at radius 2 is 0.700 bits per heavy atom. The van der Waals surface area contributed by atoms with Crippen molar-refractivity contribution in [1.29, 1.82) is 0 Å². The number of benzene rings is 2. The van der Waals surface area contributed by atoms with Gasteiger partial charge < -0.3 is 0 Å². The van der Waals surface area contributed by atoms with Gasteiger partial charge in [0, 0.05) is 42.4 Å². The Kier molecular flexibility index (Phi) is 6.91. The van der Waals surface area contributed by atoms with Crippen LogP contribution in [0.25, 0.3) is 0 Å². The number of thioether (sulfide) groups is 4. The van der Waals surface area contributed by atoms with Crippen molar-refractivity contribution in [2.24, 2.45) is 0 Å². The van der Waals surface area contributed by atoms with E-state index in [-0.39, 0.29) is 9.79 Å². The van der Waals surface area contributed by atoms with Gasteiger partial charge in [-0.1, -0.05) is 82.4 Å². The van der Waals surface area contributed by atoms with Crippen molar-refractivity contribution < 1.29 is 16.8 Å². The molecule has 2 aliphatic heterocycles. The van der Waals surface area contributed by atoms with Crippen LogP contribution in [0.1, 0.15) is 33.9 Å². The molecule has 0 N–H and O–H groups in total. The van der Waals surface area contributed by atoms with Gasteiger partial charge in [-0.15, -0.1) is 0 Å². The maximum atomic E-state index is 13.5. The lowest BCUT2D eigenvalue weighted by Gasteiger charge is -2.13. The second kappa shape index (κ2) is 9.81. The Balaban J connectivity index is 1.32. The number of nitrogens with zero attached hydrogens (tertiary/aromatic N) is 2. The molecule has 0 saturated heterocycles. The van der Waals surface area contributed by atoms with Gasteiger partial charge in [-0.05, 0) is 65.8 Å². The average Bonchev–Trinajstić information content (AvgIpc) is 3.63. The molecule has 4 heterocycles. The molecule has 2 aromatic carbocycles. The summed E-state index contributed by atoms with van der Waals surface area (Å²) in [6.45, 7) is 11.3. The number of aromatic nitrogens is 2. The summed E-state index contributed by atoms with van der Waals surface area (Å²) in [4.78, 5) is 4.38. The van der Waals surface area contributed by atoms with Crippen LogP contribution in [-0.2, 0) is 20.0 Å². The first-order valence-corrected chi connectivity index (χ1v) is 18.5. The van der Waals surface area contributed by atoms with E-state index >= 15 is 0 Å². The first-order chi connectivity index (χ1) is 18.8. The van der Waals surface area contributed by atoms with Crippen LogP contribution in [-0.4, -0.2) is 24.8 Å². The third-order valence-electron chi connectivity index (χ3n) is 7.01. The summed E-state index contributed by atoms with van der Waals surface area (Å²) in [5.74, 6) is 0. The summed E-state index contributed by atoms with van der Waals surface area (Å²) >= 11 is 6.37. The van der Waals surface area contributed by atoms with Crippen LogP contribution in [0, 0.1) is 41.5 Å². The van der Waals surface area contributed by atoms with E-state index in [1.807, 2.05) is 65.8 Å². The number of fused-ring (bicyclic) bond motifs is 2. The molecule has 0 aliphatic carbocycles. The Morgan fingerprint density at radius 1 is 0.450 bits per heavy atom. The quantitative estimate of drug-likeness (QED) is 0.222. The van der Waals surface area contributed by atoms with E-state index < -0.39 is 20.0 Å². The van der Waals surface area contributed by atoms with Crippen molar-refractivity contribution in [3.63, 3.8) is 0 Å². The highest BCUT2D eigenvalue weighted by atomic mass is 32.2. The van der Waals surface area contributed by atoms with Crippen molar-refractivity contribution in [3.8, 4) is 0 Å². The first kappa shape index (κ1) is 28.2. The summed E-state index contributed by atoms with van der Waals surface area (Å²) in [6.07, 6.45) is 0. The van der Waals surface area contributed by atoms with Gasteiger partial charge in [-0.3, -0.25) is 0 Å². The molecular weight excluding hydrogens is 621 g/mol. The molecule has 12 heteroatoms. The molecule has 0 spiro atoms. The maximum Gasteiger partial charge on any atom is 0.268 e. The van der Waals surface area contributed by atoms with Crippen molar-refractivity contribution in [2.75, 3.05) is 0 Å². The van der Waals surface area contributed by atoms with Crippen LogP contribution in [0.4, 0.5) is 0 Å². The van der Waals surface area contributed by atoms with Gasteiger partial charge in [0.2, 0.25) is 0 Å². The number of rotatable bonds is 4. The van der Waals surface area contributed by atoms with E-state index in [2.05, 4.69) is 0 Å². The second-order valence-corrected chi connectivity index (χ2v) is 18.0. The van der Waals surface area contributed by atoms with Gasteiger partial charge in [-0.2, -0.15) is 0 Å². The predicted octanol–water partition coefficient (Wildman–Crippen LogP) is 7.84. The zero-order valence-corrected chi connectivity index (χ0v) is 27.5.